The number of rotatable bonds is 4. The molecular weight excluding hydrogens is 275 g/mol. The number of nitrogens with zero attached hydrogens (tertiary/aromatic N) is 1. The van der Waals surface area contributed by atoms with Crippen LogP contribution in [0.4, 0.5) is 10.1 Å². The third kappa shape index (κ3) is 3.35. The van der Waals surface area contributed by atoms with Gasteiger partial charge in [-0.05, 0) is 43.7 Å². The lowest BCUT2D eigenvalue weighted by atomic mass is 10.1. The lowest BCUT2D eigenvalue weighted by molar-refractivity contribution is -0.385. The van der Waals surface area contributed by atoms with Crippen molar-refractivity contribution < 1.29 is 14.1 Å². The summed E-state index contributed by atoms with van der Waals surface area (Å²) in [7, 11) is 0. The summed E-state index contributed by atoms with van der Waals surface area (Å²) in [6.45, 7) is 3.36. The van der Waals surface area contributed by atoms with Gasteiger partial charge in [0.05, 0.1) is 4.92 Å². The lowest BCUT2D eigenvalue weighted by Gasteiger charge is -2.10. The van der Waals surface area contributed by atoms with Gasteiger partial charge in [-0.25, -0.2) is 4.39 Å². The zero-order chi connectivity index (χ0) is 15.6. The lowest BCUT2D eigenvalue weighted by Crippen LogP contribution is -2.05. The van der Waals surface area contributed by atoms with E-state index in [4.69, 9.17) is 10.5 Å². The largest absolute Gasteiger partial charge is 0.454 e. The van der Waals surface area contributed by atoms with Crippen LogP contribution in [0.25, 0.3) is 0 Å². The first-order valence-electron chi connectivity index (χ1n) is 6.36. The highest BCUT2D eigenvalue weighted by molar-refractivity contribution is 5.46. The van der Waals surface area contributed by atoms with Crippen molar-refractivity contribution >= 4 is 5.69 Å². The normalized spacial score (nSPS) is 12.0. The van der Waals surface area contributed by atoms with Gasteiger partial charge in [0.1, 0.15) is 5.75 Å². The Balaban J connectivity index is 2.26. The molecule has 5 nitrogen and oxygen atoms in total. The van der Waals surface area contributed by atoms with E-state index in [2.05, 4.69) is 0 Å². The van der Waals surface area contributed by atoms with Crippen molar-refractivity contribution in [3.05, 3.63) is 63.5 Å². The van der Waals surface area contributed by atoms with Crippen LogP contribution in [0.3, 0.4) is 0 Å². The summed E-state index contributed by atoms with van der Waals surface area (Å²) in [4.78, 5) is 10.3. The number of nitrogens with two attached hydrogens (primary N) is 1. The van der Waals surface area contributed by atoms with Crippen LogP contribution < -0.4 is 10.5 Å². The molecule has 0 aliphatic carbocycles. The second kappa shape index (κ2) is 5.88. The van der Waals surface area contributed by atoms with Gasteiger partial charge in [-0.2, -0.15) is 0 Å². The van der Waals surface area contributed by atoms with Crippen molar-refractivity contribution in [2.24, 2.45) is 5.73 Å². The highest BCUT2D eigenvalue weighted by atomic mass is 19.1. The molecule has 0 spiro atoms. The van der Waals surface area contributed by atoms with Crippen LogP contribution in [0, 0.1) is 22.9 Å². The van der Waals surface area contributed by atoms with Crippen molar-refractivity contribution in [2.45, 2.75) is 19.9 Å². The molecule has 2 N–H and O–H groups in total. The fourth-order valence-corrected chi connectivity index (χ4v) is 1.91. The van der Waals surface area contributed by atoms with Crippen molar-refractivity contribution in [1.82, 2.24) is 0 Å². The Morgan fingerprint density at radius 2 is 2.00 bits per heavy atom. The average Bonchev–Trinajstić information content (AvgIpc) is 2.40. The van der Waals surface area contributed by atoms with Gasteiger partial charge in [-0.1, -0.05) is 6.07 Å². The molecule has 2 rings (SSSR count). The van der Waals surface area contributed by atoms with Crippen LogP contribution in [0.1, 0.15) is 24.1 Å². The molecule has 110 valence electrons. The number of halogens is 1. The van der Waals surface area contributed by atoms with Gasteiger partial charge in [0, 0.05) is 17.7 Å². The maximum absolute atomic E-state index is 13.9. The van der Waals surface area contributed by atoms with Gasteiger partial charge in [-0.3, -0.25) is 10.1 Å². The first-order chi connectivity index (χ1) is 9.88. The molecule has 0 radical (unpaired) electrons. The van der Waals surface area contributed by atoms with Crippen LogP contribution in [-0.2, 0) is 0 Å². The molecule has 0 aliphatic rings. The van der Waals surface area contributed by atoms with Crippen molar-refractivity contribution in [1.29, 1.82) is 0 Å². The minimum atomic E-state index is -0.527. The molecule has 0 saturated carbocycles. The standard InChI is InChI=1S/C15H15FN2O3/c1-9-7-12(4-5-14(9)18(19)20)21-15-6-3-11(10(2)17)8-13(15)16/h3-8,10H,17H2,1-2H3. The number of hydrogen-bond acceptors (Lipinski definition) is 4. The van der Waals surface area contributed by atoms with E-state index >= 15 is 0 Å². The quantitative estimate of drug-likeness (QED) is 0.685. The highest BCUT2D eigenvalue weighted by Gasteiger charge is 2.13. The molecule has 2 aromatic rings. The Kier molecular flexibility index (Phi) is 4.18. The number of hydrogen-bond donors (Lipinski definition) is 1. The molecular formula is C15H15FN2O3. The van der Waals surface area contributed by atoms with Crippen molar-refractivity contribution in [3.63, 3.8) is 0 Å². The second-order valence-corrected chi connectivity index (χ2v) is 4.79. The molecule has 1 unspecified atom stereocenters. The topological polar surface area (TPSA) is 78.4 Å². The van der Waals surface area contributed by atoms with Crippen molar-refractivity contribution in [3.8, 4) is 11.5 Å². The number of ether oxygens (including phenoxy) is 1. The number of benzene rings is 2. The van der Waals surface area contributed by atoms with Gasteiger partial charge in [0.2, 0.25) is 0 Å². The fourth-order valence-electron chi connectivity index (χ4n) is 1.91. The second-order valence-electron chi connectivity index (χ2n) is 4.79. The first kappa shape index (κ1) is 14.9. The monoisotopic (exact) mass is 290 g/mol. The molecule has 2 aromatic carbocycles. The van der Waals surface area contributed by atoms with E-state index in [9.17, 15) is 14.5 Å². The molecule has 0 saturated heterocycles. The van der Waals surface area contributed by atoms with Crippen LogP contribution in [0.2, 0.25) is 0 Å². The Hall–Kier alpha value is -2.47. The number of nitro groups is 1. The average molecular weight is 290 g/mol. The summed E-state index contributed by atoms with van der Waals surface area (Å²) in [5.41, 5.74) is 6.79. The highest BCUT2D eigenvalue weighted by Crippen LogP contribution is 2.29. The van der Waals surface area contributed by atoms with E-state index in [1.54, 1.807) is 19.9 Å². The van der Waals surface area contributed by atoms with Crippen LogP contribution in [0.5, 0.6) is 11.5 Å². The predicted octanol–water partition coefficient (Wildman–Crippen LogP) is 3.85. The van der Waals surface area contributed by atoms with Gasteiger partial charge < -0.3 is 10.5 Å². The smallest absolute Gasteiger partial charge is 0.272 e. The molecule has 0 aromatic heterocycles. The van der Waals surface area contributed by atoms with E-state index in [-0.39, 0.29) is 17.5 Å². The molecule has 21 heavy (non-hydrogen) atoms. The molecule has 0 amide bonds. The minimum absolute atomic E-state index is 0.00451. The molecule has 6 heteroatoms. The van der Waals surface area contributed by atoms with Crippen molar-refractivity contribution in [2.75, 3.05) is 0 Å². The first-order valence-corrected chi connectivity index (χ1v) is 6.36. The molecule has 0 bridgehead atoms. The van der Waals surface area contributed by atoms with E-state index in [0.717, 1.165) is 0 Å². The van der Waals surface area contributed by atoms with Crippen LogP contribution in [0.15, 0.2) is 36.4 Å². The van der Waals surface area contributed by atoms with E-state index < -0.39 is 10.7 Å². The van der Waals surface area contributed by atoms with Gasteiger partial charge in [0.25, 0.3) is 5.69 Å². The SMILES string of the molecule is Cc1cc(Oc2ccc(C(C)N)cc2F)ccc1[N+](=O)[O-]. The maximum Gasteiger partial charge on any atom is 0.272 e. The Morgan fingerprint density at radius 3 is 2.52 bits per heavy atom. The Bertz CT molecular complexity index is 687. The number of nitro benzene ring substituents is 1. The summed E-state index contributed by atoms with van der Waals surface area (Å²) in [6, 6.07) is 8.49. The summed E-state index contributed by atoms with van der Waals surface area (Å²) >= 11 is 0. The maximum atomic E-state index is 13.9. The zero-order valence-electron chi connectivity index (χ0n) is 11.7. The Morgan fingerprint density at radius 1 is 1.29 bits per heavy atom. The summed E-state index contributed by atoms with van der Waals surface area (Å²) in [5.74, 6) is -0.140. The van der Waals surface area contributed by atoms with Crippen LogP contribution >= 0.6 is 0 Å². The predicted molar refractivity (Wildman–Crippen MR) is 76.9 cm³/mol. The third-order valence-corrected chi connectivity index (χ3v) is 3.07. The van der Waals surface area contributed by atoms with E-state index in [0.29, 0.717) is 16.9 Å². The van der Waals surface area contributed by atoms with Gasteiger partial charge in [-0.15, -0.1) is 0 Å². The van der Waals surface area contributed by atoms with Gasteiger partial charge in [0.15, 0.2) is 11.6 Å². The molecule has 1 atom stereocenters. The Labute approximate surface area is 121 Å². The zero-order valence-corrected chi connectivity index (χ0v) is 11.7. The van der Waals surface area contributed by atoms with E-state index in [1.807, 2.05) is 0 Å². The van der Waals surface area contributed by atoms with E-state index in [1.165, 1.54) is 30.3 Å². The van der Waals surface area contributed by atoms with Gasteiger partial charge >= 0.3 is 0 Å². The summed E-state index contributed by atoms with van der Waals surface area (Å²) in [6.07, 6.45) is 0. The summed E-state index contributed by atoms with van der Waals surface area (Å²) in [5, 5.41) is 10.7. The van der Waals surface area contributed by atoms with Crippen LogP contribution in [-0.4, -0.2) is 4.92 Å². The minimum Gasteiger partial charge on any atom is -0.454 e. The summed E-state index contributed by atoms with van der Waals surface area (Å²) < 4.78 is 19.3. The molecule has 0 heterocycles. The molecule has 0 fully saturated rings. The fraction of sp³-hybridized carbons (Fsp3) is 0.200. The molecule has 0 aliphatic heterocycles. The third-order valence-electron chi connectivity index (χ3n) is 3.07. The number of aryl methyl sites for hydroxylation is 1.